The van der Waals surface area contributed by atoms with E-state index in [1.807, 2.05) is 13.8 Å². The van der Waals surface area contributed by atoms with E-state index in [-0.39, 0.29) is 11.0 Å². The minimum Gasteiger partial charge on any atom is -0.416 e. The van der Waals surface area contributed by atoms with E-state index in [0.717, 1.165) is 5.57 Å². The van der Waals surface area contributed by atoms with Crippen LogP contribution in [0.3, 0.4) is 0 Å². The lowest BCUT2D eigenvalue weighted by Gasteiger charge is -2.37. The summed E-state index contributed by atoms with van der Waals surface area (Å²) in [5.41, 5.74) is 0.811. The van der Waals surface area contributed by atoms with Gasteiger partial charge in [-0.25, -0.2) is 0 Å². The molecule has 0 aliphatic rings. The first-order chi connectivity index (χ1) is 6.99. The van der Waals surface area contributed by atoms with Crippen molar-refractivity contribution in [3.63, 3.8) is 0 Å². The molecule has 0 saturated heterocycles. The maximum Gasteiger partial charge on any atom is 0.191 e. The molecule has 0 amide bonds. The topological polar surface area (TPSA) is 29.5 Å². The van der Waals surface area contributed by atoms with Gasteiger partial charge in [0, 0.05) is 12.5 Å². The van der Waals surface area contributed by atoms with Crippen molar-refractivity contribution in [3.05, 3.63) is 12.2 Å². The molecule has 0 aromatic heterocycles. The van der Waals surface area contributed by atoms with Crippen LogP contribution in [0.2, 0.25) is 18.1 Å². The Hall–Kier alpha value is -0.123. The lowest BCUT2D eigenvalue weighted by atomic mass is 10.0. The van der Waals surface area contributed by atoms with Gasteiger partial charge in [0.2, 0.25) is 0 Å². The van der Waals surface area contributed by atoms with E-state index in [2.05, 4.69) is 40.4 Å². The molecule has 0 heterocycles. The third-order valence-corrected chi connectivity index (χ3v) is 8.06. The highest BCUT2D eigenvalue weighted by atomic mass is 28.4. The highest BCUT2D eigenvalue weighted by Gasteiger charge is 2.37. The monoisotopic (exact) mass is 244 g/mol. The predicted octanol–water partition coefficient (Wildman–Crippen LogP) is 3.58. The molecule has 0 spiro atoms. The summed E-state index contributed by atoms with van der Waals surface area (Å²) in [4.78, 5) is 0. The highest BCUT2D eigenvalue weighted by molar-refractivity contribution is 6.74. The van der Waals surface area contributed by atoms with Gasteiger partial charge in [-0.05, 0) is 25.1 Å². The van der Waals surface area contributed by atoms with Crippen LogP contribution in [0.4, 0.5) is 0 Å². The summed E-state index contributed by atoms with van der Waals surface area (Å²) in [5, 5.41) is 10.1. The summed E-state index contributed by atoms with van der Waals surface area (Å²) in [5.74, 6) is 0.117. The molecule has 2 nitrogen and oxygen atoms in total. The van der Waals surface area contributed by atoms with Crippen LogP contribution in [0.15, 0.2) is 12.2 Å². The molecule has 0 bridgehead atoms. The Morgan fingerprint density at radius 2 is 1.81 bits per heavy atom. The van der Waals surface area contributed by atoms with Crippen molar-refractivity contribution in [1.82, 2.24) is 0 Å². The van der Waals surface area contributed by atoms with Crippen molar-refractivity contribution in [2.45, 2.75) is 58.9 Å². The van der Waals surface area contributed by atoms with Crippen LogP contribution in [0, 0.1) is 5.92 Å². The summed E-state index contributed by atoms with van der Waals surface area (Å²) < 4.78 is 6.06. The fourth-order valence-corrected chi connectivity index (χ4v) is 2.25. The van der Waals surface area contributed by atoms with E-state index in [1.54, 1.807) is 0 Å². The molecule has 2 atom stereocenters. The van der Waals surface area contributed by atoms with Crippen LogP contribution in [-0.2, 0) is 4.43 Å². The molecule has 0 aromatic rings. The van der Waals surface area contributed by atoms with Crippen LogP contribution in [0.1, 0.15) is 34.6 Å². The van der Waals surface area contributed by atoms with Crippen LogP contribution >= 0.6 is 0 Å². The maximum absolute atomic E-state index is 9.83. The smallest absolute Gasteiger partial charge is 0.191 e. The normalized spacial score (nSPS) is 17.0. The largest absolute Gasteiger partial charge is 0.416 e. The number of hydrogen-bond acceptors (Lipinski definition) is 2. The van der Waals surface area contributed by atoms with Crippen LogP contribution in [0.5, 0.6) is 0 Å². The molecule has 0 radical (unpaired) electrons. The van der Waals surface area contributed by atoms with Crippen LogP contribution in [-0.4, -0.2) is 26.1 Å². The van der Waals surface area contributed by atoms with Crippen molar-refractivity contribution in [1.29, 1.82) is 0 Å². The first-order valence-corrected chi connectivity index (χ1v) is 8.87. The molecule has 96 valence electrons. The summed E-state index contributed by atoms with van der Waals surface area (Å²) in [6, 6.07) is 0. The molecule has 0 fully saturated rings. The number of rotatable bonds is 5. The minimum absolute atomic E-state index is 0.117. The van der Waals surface area contributed by atoms with Crippen LogP contribution in [0.25, 0.3) is 0 Å². The second-order valence-corrected chi connectivity index (χ2v) is 11.1. The van der Waals surface area contributed by atoms with Gasteiger partial charge in [-0.2, -0.15) is 0 Å². The van der Waals surface area contributed by atoms with Gasteiger partial charge in [-0.15, -0.1) is 0 Å². The van der Waals surface area contributed by atoms with Gasteiger partial charge in [0.1, 0.15) is 0 Å². The third-order valence-electron chi connectivity index (χ3n) is 3.56. The van der Waals surface area contributed by atoms with Gasteiger partial charge in [-0.3, -0.25) is 0 Å². The third kappa shape index (κ3) is 4.40. The van der Waals surface area contributed by atoms with Gasteiger partial charge in [0.05, 0.1) is 6.10 Å². The molecule has 0 aliphatic carbocycles. The van der Waals surface area contributed by atoms with Crippen molar-refractivity contribution in [3.8, 4) is 0 Å². The van der Waals surface area contributed by atoms with E-state index < -0.39 is 14.4 Å². The number of hydrogen-bond donors (Lipinski definition) is 1. The second-order valence-electron chi connectivity index (χ2n) is 6.34. The van der Waals surface area contributed by atoms with Gasteiger partial charge in [0.25, 0.3) is 0 Å². The molecule has 3 heteroatoms. The van der Waals surface area contributed by atoms with Crippen molar-refractivity contribution < 1.29 is 9.53 Å². The molecule has 16 heavy (non-hydrogen) atoms. The van der Waals surface area contributed by atoms with Gasteiger partial charge in [0.15, 0.2) is 8.32 Å². The van der Waals surface area contributed by atoms with Gasteiger partial charge < -0.3 is 9.53 Å². The zero-order valence-corrected chi connectivity index (χ0v) is 12.9. The average molecular weight is 244 g/mol. The minimum atomic E-state index is -1.69. The highest BCUT2D eigenvalue weighted by Crippen LogP contribution is 2.36. The Morgan fingerprint density at radius 3 is 2.12 bits per heavy atom. The summed E-state index contributed by atoms with van der Waals surface area (Å²) in [7, 11) is -1.69. The van der Waals surface area contributed by atoms with E-state index in [4.69, 9.17) is 4.43 Å². The van der Waals surface area contributed by atoms with Crippen LogP contribution < -0.4 is 0 Å². The fraction of sp³-hybridized carbons (Fsp3) is 0.846. The zero-order chi connectivity index (χ0) is 13.1. The SMILES string of the molecule is C=C(C)C(O)C(C)CO[Si](C)(C)C(C)(C)C. The van der Waals surface area contributed by atoms with Crippen molar-refractivity contribution >= 4 is 8.32 Å². The lowest BCUT2D eigenvalue weighted by Crippen LogP contribution is -2.42. The lowest BCUT2D eigenvalue weighted by molar-refractivity contribution is 0.107. The molecule has 2 unspecified atom stereocenters. The molecule has 0 rings (SSSR count). The molecule has 1 N–H and O–H groups in total. The fourth-order valence-electron chi connectivity index (χ4n) is 1.13. The molecular formula is C13H28O2Si. The molecular weight excluding hydrogens is 216 g/mol. The van der Waals surface area contributed by atoms with Gasteiger partial charge >= 0.3 is 0 Å². The number of aliphatic hydroxyl groups excluding tert-OH is 1. The summed E-state index contributed by atoms with van der Waals surface area (Å²) in [6.07, 6.45) is -0.454. The Bertz CT molecular complexity index is 241. The Kier molecular flexibility index (Phi) is 5.43. The predicted molar refractivity (Wildman–Crippen MR) is 73.1 cm³/mol. The molecule has 0 aliphatic heterocycles. The molecule has 0 saturated carbocycles. The summed E-state index contributed by atoms with van der Waals surface area (Å²) in [6.45, 7) is 19.4. The Balaban J connectivity index is 4.31. The maximum atomic E-state index is 9.83. The van der Waals surface area contributed by atoms with Crippen molar-refractivity contribution in [2.24, 2.45) is 5.92 Å². The zero-order valence-electron chi connectivity index (χ0n) is 11.9. The van der Waals surface area contributed by atoms with E-state index >= 15 is 0 Å². The average Bonchev–Trinajstić information content (AvgIpc) is 2.11. The Morgan fingerprint density at radius 1 is 1.38 bits per heavy atom. The first kappa shape index (κ1) is 15.9. The summed E-state index contributed by atoms with van der Waals surface area (Å²) >= 11 is 0. The van der Waals surface area contributed by atoms with E-state index in [9.17, 15) is 5.11 Å². The standard InChI is InChI=1S/C13H28O2Si/c1-10(2)12(14)11(3)9-15-16(7,8)13(4,5)6/h11-12,14H,1,9H2,2-8H3. The molecule has 0 aromatic carbocycles. The number of aliphatic hydroxyl groups is 1. The van der Waals surface area contributed by atoms with Gasteiger partial charge in [-0.1, -0.05) is 39.8 Å². The quantitative estimate of drug-likeness (QED) is 0.591. The Labute approximate surface area is 102 Å². The van der Waals surface area contributed by atoms with E-state index in [1.165, 1.54) is 0 Å². The van der Waals surface area contributed by atoms with Crippen molar-refractivity contribution in [2.75, 3.05) is 6.61 Å². The van der Waals surface area contributed by atoms with E-state index in [0.29, 0.717) is 6.61 Å². The first-order valence-electron chi connectivity index (χ1n) is 5.96. The second kappa shape index (κ2) is 5.47.